The van der Waals surface area contributed by atoms with Crippen LogP contribution in [0.25, 0.3) is 6.08 Å². The molecule has 0 aliphatic rings. The van der Waals surface area contributed by atoms with Crippen LogP contribution >= 0.6 is 0 Å². The molecular formula is C13H13NO6. The van der Waals surface area contributed by atoms with Crippen molar-refractivity contribution in [1.29, 1.82) is 0 Å². The molecule has 0 N–H and O–H groups in total. The predicted octanol–water partition coefficient (Wildman–Crippen LogP) is 1.41. The van der Waals surface area contributed by atoms with E-state index in [1.54, 1.807) is 30.3 Å². The zero-order valence-corrected chi connectivity index (χ0v) is 10.8. The summed E-state index contributed by atoms with van der Waals surface area (Å²) in [6.07, 6.45) is 1.40. The van der Waals surface area contributed by atoms with Crippen molar-refractivity contribution in [2.24, 2.45) is 0 Å². The van der Waals surface area contributed by atoms with Gasteiger partial charge in [0.2, 0.25) is 0 Å². The first kappa shape index (κ1) is 15.4. The summed E-state index contributed by atoms with van der Waals surface area (Å²) in [6.45, 7) is 0.554. The van der Waals surface area contributed by atoms with Gasteiger partial charge in [0.05, 0.1) is 0 Å². The van der Waals surface area contributed by atoms with Crippen molar-refractivity contribution in [3.8, 4) is 0 Å². The summed E-state index contributed by atoms with van der Waals surface area (Å²) in [4.78, 5) is 37.0. The first-order valence-corrected chi connectivity index (χ1v) is 5.73. The largest absolute Gasteiger partial charge is 0.460 e. The molecule has 0 atom stereocenters. The number of rotatable bonds is 7. The Labute approximate surface area is 114 Å². The molecule has 1 rings (SSSR count). The maximum Gasteiger partial charge on any atom is 0.341 e. The van der Waals surface area contributed by atoms with Crippen LogP contribution in [0.2, 0.25) is 0 Å². The fourth-order valence-corrected chi connectivity index (χ4v) is 1.34. The van der Waals surface area contributed by atoms with Crippen LogP contribution in [0.4, 0.5) is 0 Å². The van der Waals surface area contributed by atoms with Crippen molar-refractivity contribution >= 4 is 17.8 Å². The lowest BCUT2D eigenvalue weighted by molar-refractivity contribution is -0.757. The van der Waals surface area contributed by atoms with Gasteiger partial charge in [0.25, 0.3) is 5.09 Å². The van der Waals surface area contributed by atoms with Crippen molar-refractivity contribution in [2.45, 2.75) is 6.92 Å². The number of hydrogen-bond acceptors (Lipinski definition) is 6. The molecule has 0 unspecified atom stereocenters. The Bertz CT molecular complexity index is 523. The third kappa shape index (κ3) is 5.30. The zero-order chi connectivity index (χ0) is 15.0. The van der Waals surface area contributed by atoms with E-state index in [4.69, 9.17) is 4.74 Å². The van der Waals surface area contributed by atoms with E-state index in [0.717, 1.165) is 0 Å². The molecule has 1 aromatic carbocycles. The fourth-order valence-electron chi connectivity index (χ4n) is 1.34. The van der Waals surface area contributed by atoms with E-state index in [1.165, 1.54) is 13.0 Å². The average molecular weight is 279 g/mol. The van der Waals surface area contributed by atoms with Gasteiger partial charge in [0, 0.05) is 0 Å². The Kier molecular flexibility index (Phi) is 5.89. The number of nitrogens with zero attached hydrogens (tertiary/aromatic N) is 1. The summed E-state index contributed by atoms with van der Waals surface area (Å²) >= 11 is 0. The van der Waals surface area contributed by atoms with Gasteiger partial charge in [-0.1, -0.05) is 30.3 Å². The quantitative estimate of drug-likeness (QED) is 0.142. The highest BCUT2D eigenvalue weighted by atomic mass is 17.0. The van der Waals surface area contributed by atoms with E-state index in [0.29, 0.717) is 5.56 Å². The van der Waals surface area contributed by atoms with Crippen molar-refractivity contribution in [3.63, 3.8) is 0 Å². The molecule has 0 saturated carbocycles. The standard InChI is InChI=1S/C13H13NO6/c1-10(15)12(9-11-5-3-2-4-6-11)13(16)19-7-8-20-14(17)18/h2-6,9H,7-8H2,1H3. The lowest BCUT2D eigenvalue weighted by Gasteiger charge is -2.05. The topological polar surface area (TPSA) is 95.7 Å². The number of esters is 1. The Morgan fingerprint density at radius 2 is 1.90 bits per heavy atom. The highest BCUT2D eigenvalue weighted by Gasteiger charge is 2.16. The third-order valence-electron chi connectivity index (χ3n) is 2.22. The minimum absolute atomic E-state index is 0.127. The second-order valence-corrected chi connectivity index (χ2v) is 3.72. The van der Waals surface area contributed by atoms with Gasteiger partial charge in [-0.2, -0.15) is 0 Å². The van der Waals surface area contributed by atoms with Crippen LogP contribution in [0.15, 0.2) is 35.9 Å². The fraction of sp³-hybridized carbons (Fsp3) is 0.231. The maximum atomic E-state index is 11.7. The van der Waals surface area contributed by atoms with Crippen molar-refractivity contribution < 1.29 is 24.3 Å². The Hall–Kier alpha value is -2.70. The van der Waals surface area contributed by atoms with Gasteiger partial charge in [-0.25, -0.2) is 4.79 Å². The first-order chi connectivity index (χ1) is 9.50. The van der Waals surface area contributed by atoms with Crippen LogP contribution in [0.1, 0.15) is 12.5 Å². The van der Waals surface area contributed by atoms with E-state index in [-0.39, 0.29) is 18.8 Å². The van der Waals surface area contributed by atoms with Gasteiger partial charge in [0.1, 0.15) is 18.8 Å². The van der Waals surface area contributed by atoms with Crippen LogP contribution < -0.4 is 0 Å². The van der Waals surface area contributed by atoms with Crippen LogP contribution in [0, 0.1) is 10.1 Å². The Balaban J connectivity index is 2.67. The Morgan fingerprint density at radius 1 is 1.25 bits per heavy atom. The molecule has 7 nitrogen and oxygen atoms in total. The number of ether oxygens (including phenoxy) is 1. The average Bonchev–Trinajstić information content (AvgIpc) is 2.41. The normalized spacial score (nSPS) is 10.8. The second kappa shape index (κ2) is 7.67. The summed E-state index contributed by atoms with van der Waals surface area (Å²) in [6, 6.07) is 8.79. The van der Waals surface area contributed by atoms with Gasteiger partial charge < -0.3 is 9.57 Å². The van der Waals surface area contributed by atoms with Crippen LogP contribution in [0.5, 0.6) is 0 Å². The van der Waals surface area contributed by atoms with Crippen molar-refractivity contribution in [2.75, 3.05) is 13.2 Å². The second-order valence-electron chi connectivity index (χ2n) is 3.72. The van der Waals surface area contributed by atoms with Crippen LogP contribution in [-0.2, 0) is 19.2 Å². The third-order valence-corrected chi connectivity index (χ3v) is 2.22. The van der Waals surface area contributed by atoms with Gasteiger partial charge >= 0.3 is 5.97 Å². The number of benzene rings is 1. The molecule has 0 saturated heterocycles. The molecular weight excluding hydrogens is 266 g/mol. The SMILES string of the molecule is CC(=O)C(=Cc1ccccc1)C(=O)OCCO[N+](=O)[O-]. The number of hydrogen-bond donors (Lipinski definition) is 0. The number of carbonyl (C=O) groups is 2. The highest BCUT2D eigenvalue weighted by molar-refractivity contribution is 6.19. The number of carbonyl (C=O) groups excluding carboxylic acids is 2. The molecule has 7 heteroatoms. The van der Waals surface area contributed by atoms with E-state index >= 15 is 0 Å². The first-order valence-electron chi connectivity index (χ1n) is 5.73. The summed E-state index contributed by atoms with van der Waals surface area (Å²) in [5.74, 6) is -1.29. The minimum atomic E-state index is -0.987. The molecule has 106 valence electrons. The van der Waals surface area contributed by atoms with E-state index in [2.05, 4.69) is 4.84 Å². The summed E-state index contributed by atoms with van der Waals surface area (Å²) in [7, 11) is 0. The Morgan fingerprint density at radius 3 is 2.45 bits per heavy atom. The molecule has 0 fully saturated rings. The molecule has 0 aliphatic carbocycles. The van der Waals surface area contributed by atoms with Gasteiger partial charge in [-0.05, 0) is 18.6 Å². The predicted molar refractivity (Wildman–Crippen MR) is 69.0 cm³/mol. The molecule has 1 aromatic rings. The highest BCUT2D eigenvalue weighted by Crippen LogP contribution is 2.09. The molecule has 0 aliphatic heterocycles. The van der Waals surface area contributed by atoms with Gasteiger partial charge in [-0.15, -0.1) is 10.1 Å². The van der Waals surface area contributed by atoms with Crippen molar-refractivity contribution in [1.82, 2.24) is 0 Å². The van der Waals surface area contributed by atoms with E-state index < -0.39 is 16.8 Å². The van der Waals surface area contributed by atoms with E-state index in [1.807, 2.05) is 0 Å². The van der Waals surface area contributed by atoms with Gasteiger partial charge in [-0.3, -0.25) is 4.79 Å². The number of ketones is 1. The smallest absolute Gasteiger partial charge is 0.341 e. The number of Topliss-reactive ketones (excluding diaryl/α,β-unsaturated/α-hetero) is 1. The van der Waals surface area contributed by atoms with Crippen LogP contribution in [-0.4, -0.2) is 30.1 Å². The lowest BCUT2D eigenvalue weighted by Crippen LogP contribution is -2.17. The molecule has 0 heterocycles. The van der Waals surface area contributed by atoms with Crippen molar-refractivity contribution in [3.05, 3.63) is 51.6 Å². The summed E-state index contributed by atoms with van der Waals surface area (Å²) in [5.41, 5.74) is 0.550. The summed E-state index contributed by atoms with van der Waals surface area (Å²) in [5, 5.41) is 8.92. The molecule has 0 spiro atoms. The molecule has 0 amide bonds. The zero-order valence-electron chi connectivity index (χ0n) is 10.8. The van der Waals surface area contributed by atoms with Crippen LogP contribution in [0.3, 0.4) is 0 Å². The molecule has 20 heavy (non-hydrogen) atoms. The van der Waals surface area contributed by atoms with Gasteiger partial charge in [0.15, 0.2) is 5.78 Å². The monoisotopic (exact) mass is 279 g/mol. The maximum absolute atomic E-state index is 11.7. The molecule has 0 bridgehead atoms. The van der Waals surface area contributed by atoms with E-state index in [9.17, 15) is 19.7 Å². The molecule has 0 aromatic heterocycles. The summed E-state index contributed by atoms with van der Waals surface area (Å²) < 4.78 is 4.73. The minimum Gasteiger partial charge on any atom is -0.460 e. The lowest BCUT2D eigenvalue weighted by atomic mass is 10.1. The molecule has 0 radical (unpaired) electrons.